The Morgan fingerprint density at radius 3 is 2.63 bits per heavy atom. The summed E-state index contributed by atoms with van der Waals surface area (Å²) in [7, 11) is 7.66. The van der Waals surface area contributed by atoms with Crippen molar-refractivity contribution >= 4 is 29.9 Å². The molecule has 1 aliphatic carbocycles. The molecule has 154 valence electrons. The molecule has 0 aliphatic heterocycles. The zero-order chi connectivity index (χ0) is 18.8. The molecule has 0 heterocycles. The van der Waals surface area contributed by atoms with Crippen LogP contribution < -0.4 is 15.4 Å². The average Bonchev–Trinajstić information content (AvgIpc) is 3.47. The first-order valence-corrected chi connectivity index (χ1v) is 9.47. The van der Waals surface area contributed by atoms with Crippen molar-refractivity contribution in [2.75, 3.05) is 54.6 Å². The molecule has 0 aromatic heterocycles. The van der Waals surface area contributed by atoms with Gasteiger partial charge >= 0.3 is 0 Å². The quantitative estimate of drug-likeness (QED) is 0.216. The maximum absolute atomic E-state index is 5.67. The molecular formula is C20H35IN4O2. The fraction of sp³-hybridized carbons (Fsp3) is 0.650. The van der Waals surface area contributed by atoms with Crippen LogP contribution in [0.2, 0.25) is 0 Å². The molecular weight excluding hydrogens is 455 g/mol. The largest absolute Gasteiger partial charge is 0.496 e. The first-order valence-electron chi connectivity index (χ1n) is 9.47. The molecule has 0 radical (unpaired) electrons. The van der Waals surface area contributed by atoms with E-state index in [9.17, 15) is 0 Å². The number of hydrogen-bond donors (Lipinski definition) is 2. The van der Waals surface area contributed by atoms with E-state index in [0.717, 1.165) is 55.9 Å². The third-order valence-electron chi connectivity index (χ3n) is 4.62. The predicted molar refractivity (Wildman–Crippen MR) is 122 cm³/mol. The van der Waals surface area contributed by atoms with Gasteiger partial charge in [-0.25, -0.2) is 0 Å². The number of hydrogen-bond acceptors (Lipinski definition) is 4. The molecule has 7 heteroatoms. The molecule has 2 N–H and O–H groups in total. The van der Waals surface area contributed by atoms with Gasteiger partial charge in [-0.3, -0.25) is 4.99 Å². The molecule has 0 amide bonds. The molecule has 1 aromatic rings. The molecule has 1 saturated carbocycles. The summed E-state index contributed by atoms with van der Waals surface area (Å²) in [6, 6.07) is 8.34. The van der Waals surface area contributed by atoms with Gasteiger partial charge in [0.25, 0.3) is 0 Å². The second-order valence-corrected chi connectivity index (χ2v) is 6.97. The van der Waals surface area contributed by atoms with Crippen molar-refractivity contribution in [3.05, 3.63) is 29.8 Å². The minimum Gasteiger partial charge on any atom is -0.496 e. The van der Waals surface area contributed by atoms with Crippen LogP contribution in [0, 0.1) is 5.92 Å². The fourth-order valence-corrected chi connectivity index (χ4v) is 2.84. The number of aliphatic imine (C=N–C) groups is 1. The Balaban J connectivity index is 0.00000364. The molecule has 0 spiro atoms. The summed E-state index contributed by atoms with van der Waals surface area (Å²) in [5, 5.41) is 6.78. The summed E-state index contributed by atoms with van der Waals surface area (Å²) in [6.07, 6.45) is 3.67. The van der Waals surface area contributed by atoms with Gasteiger partial charge in [-0.05, 0) is 45.3 Å². The van der Waals surface area contributed by atoms with Gasteiger partial charge < -0.3 is 25.0 Å². The van der Waals surface area contributed by atoms with E-state index < -0.39 is 0 Å². The Morgan fingerprint density at radius 2 is 2.00 bits per heavy atom. The Hall–Kier alpha value is -1.06. The van der Waals surface area contributed by atoms with Crippen LogP contribution in [-0.4, -0.2) is 65.4 Å². The van der Waals surface area contributed by atoms with Gasteiger partial charge in [0.15, 0.2) is 5.96 Å². The SMILES string of the molecule is CN=C(NCCCOCC1CC1)NCC(c1ccccc1OC)N(C)C.I. The second kappa shape index (κ2) is 13.2. The van der Waals surface area contributed by atoms with Crippen LogP contribution in [-0.2, 0) is 4.74 Å². The molecule has 27 heavy (non-hydrogen) atoms. The summed E-state index contributed by atoms with van der Waals surface area (Å²) in [5.41, 5.74) is 1.16. The lowest BCUT2D eigenvalue weighted by Crippen LogP contribution is -2.42. The van der Waals surface area contributed by atoms with Crippen LogP contribution in [0.25, 0.3) is 0 Å². The first-order chi connectivity index (χ1) is 12.7. The van der Waals surface area contributed by atoms with Crippen LogP contribution >= 0.6 is 24.0 Å². The normalized spacial score (nSPS) is 15.2. The molecule has 1 atom stereocenters. The van der Waals surface area contributed by atoms with E-state index in [1.165, 1.54) is 12.8 Å². The number of para-hydroxylation sites is 1. The van der Waals surface area contributed by atoms with Crippen molar-refractivity contribution in [3.63, 3.8) is 0 Å². The van der Waals surface area contributed by atoms with Gasteiger partial charge in [0.2, 0.25) is 0 Å². The van der Waals surface area contributed by atoms with Gasteiger partial charge in [0.05, 0.1) is 13.2 Å². The number of methoxy groups -OCH3 is 1. The van der Waals surface area contributed by atoms with Crippen LogP contribution in [0.15, 0.2) is 29.3 Å². The van der Waals surface area contributed by atoms with Gasteiger partial charge in [0.1, 0.15) is 5.75 Å². The monoisotopic (exact) mass is 490 g/mol. The summed E-state index contributed by atoms with van der Waals surface area (Å²) in [5.74, 6) is 2.55. The Bertz CT molecular complexity index is 565. The molecule has 1 unspecified atom stereocenters. The number of likely N-dealkylation sites (N-methyl/N-ethyl adjacent to an activating group) is 1. The zero-order valence-corrected chi connectivity index (χ0v) is 19.4. The van der Waals surface area contributed by atoms with Gasteiger partial charge in [0, 0.05) is 38.9 Å². The molecule has 2 rings (SSSR count). The van der Waals surface area contributed by atoms with Crippen molar-refractivity contribution in [3.8, 4) is 5.75 Å². The smallest absolute Gasteiger partial charge is 0.191 e. The highest BCUT2D eigenvalue weighted by atomic mass is 127. The van der Waals surface area contributed by atoms with Gasteiger partial charge in [-0.2, -0.15) is 0 Å². The van der Waals surface area contributed by atoms with Crippen molar-refractivity contribution in [1.82, 2.24) is 15.5 Å². The number of nitrogens with zero attached hydrogens (tertiary/aromatic N) is 2. The maximum Gasteiger partial charge on any atom is 0.191 e. The van der Waals surface area contributed by atoms with E-state index in [-0.39, 0.29) is 30.0 Å². The minimum atomic E-state index is 0. The highest BCUT2D eigenvalue weighted by Crippen LogP contribution is 2.29. The molecule has 6 nitrogen and oxygen atoms in total. The average molecular weight is 490 g/mol. The standard InChI is InChI=1S/C20H34N4O2.HI/c1-21-20(22-12-7-13-26-15-16-10-11-16)23-14-18(24(2)3)17-8-5-6-9-19(17)25-4;/h5-6,8-9,16,18H,7,10-15H2,1-4H3,(H2,21,22,23);1H. The van der Waals surface area contributed by atoms with E-state index in [0.29, 0.717) is 0 Å². The number of halogens is 1. The van der Waals surface area contributed by atoms with E-state index in [1.54, 1.807) is 14.2 Å². The Kier molecular flexibility index (Phi) is 11.7. The minimum absolute atomic E-state index is 0. The maximum atomic E-state index is 5.67. The van der Waals surface area contributed by atoms with Crippen molar-refractivity contribution in [2.45, 2.75) is 25.3 Å². The summed E-state index contributed by atoms with van der Waals surface area (Å²) >= 11 is 0. The number of guanidine groups is 1. The Morgan fingerprint density at radius 1 is 1.26 bits per heavy atom. The highest BCUT2D eigenvalue weighted by molar-refractivity contribution is 14.0. The van der Waals surface area contributed by atoms with Crippen molar-refractivity contribution in [1.29, 1.82) is 0 Å². The Labute approximate surface area is 181 Å². The number of nitrogens with one attached hydrogen (secondary N) is 2. The van der Waals surface area contributed by atoms with Gasteiger partial charge in [-0.15, -0.1) is 24.0 Å². The fourth-order valence-electron chi connectivity index (χ4n) is 2.84. The molecule has 1 aliphatic rings. The summed E-state index contributed by atoms with van der Waals surface area (Å²) in [4.78, 5) is 6.50. The van der Waals surface area contributed by atoms with E-state index in [4.69, 9.17) is 9.47 Å². The zero-order valence-electron chi connectivity index (χ0n) is 17.0. The molecule has 1 aromatic carbocycles. The number of ether oxygens (including phenoxy) is 2. The second-order valence-electron chi connectivity index (χ2n) is 6.97. The third kappa shape index (κ3) is 8.66. The predicted octanol–water partition coefficient (Wildman–Crippen LogP) is 2.90. The molecule has 1 fully saturated rings. The van der Waals surface area contributed by atoms with Crippen molar-refractivity contribution in [2.24, 2.45) is 10.9 Å². The van der Waals surface area contributed by atoms with E-state index in [1.807, 2.05) is 18.2 Å². The van der Waals surface area contributed by atoms with Gasteiger partial charge in [-0.1, -0.05) is 18.2 Å². The van der Waals surface area contributed by atoms with E-state index in [2.05, 4.69) is 40.7 Å². The lowest BCUT2D eigenvalue weighted by molar-refractivity contribution is 0.123. The van der Waals surface area contributed by atoms with E-state index >= 15 is 0 Å². The third-order valence-corrected chi connectivity index (χ3v) is 4.62. The van der Waals surface area contributed by atoms with Crippen LogP contribution in [0.4, 0.5) is 0 Å². The number of rotatable bonds is 11. The van der Waals surface area contributed by atoms with Crippen molar-refractivity contribution < 1.29 is 9.47 Å². The first kappa shape index (κ1) is 24.0. The summed E-state index contributed by atoms with van der Waals surface area (Å²) in [6.45, 7) is 3.33. The lowest BCUT2D eigenvalue weighted by Gasteiger charge is -2.27. The molecule has 0 saturated heterocycles. The number of benzene rings is 1. The topological polar surface area (TPSA) is 58.1 Å². The summed E-state index contributed by atoms with van der Waals surface area (Å²) < 4.78 is 11.2. The lowest BCUT2D eigenvalue weighted by atomic mass is 10.0. The van der Waals surface area contributed by atoms with Crippen LogP contribution in [0.5, 0.6) is 5.75 Å². The highest BCUT2D eigenvalue weighted by Gasteiger charge is 2.21. The van der Waals surface area contributed by atoms with Crippen LogP contribution in [0.3, 0.4) is 0 Å². The molecule has 0 bridgehead atoms. The van der Waals surface area contributed by atoms with Crippen LogP contribution in [0.1, 0.15) is 30.9 Å².